The van der Waals surface area contributed by atoms with E-state index in [-0.39, 0.29) is 5.54 Å². The van der Waals surface area contributed by atoms with Crippen molar-refractivity contribution in [2.24, 2.45) is 5.41 Å². The molecule has 0 unspecified atom stereocenters. The molecule has 1 aliphatic carbocycles. The fourth-order valence-corrected chi connectivity index (χ4v) is 4.00. The van der Waals surface area contributed by atoms with Gasteiger partial charge in [-0.25, -0.2) is 4.98 Å². The van der Waals surface area contributed by atoms with E-state index in [9.17, 15) is 0 Å². The van der Waals surface area contributed by atoms with Crippen molar-refractivity contribution in [3.8, 4) is 0 Å². The van der Waals surface area contributed by atoms with E-state index in [1.54, 1.807) is 0 Å². The zero-order valence-corrected chi connectivity index (χ0v) is 14.4. The molecule has 3 heteroatoms. The molecule has 1 aromatic rings. The summed E-state index contributed by atoms with van der Waals surface area (Å²) in [4.78, 5) is 5.88. The monoisotopic (exact) mass is 294 g/mol. The van der Waals surface area contributed by atoms with Crippen LogP contribution in [0.4, 0.5) is 0 Å². The zero-order valence-electron chi connectivity index (χ0n) is 13.6. The number of thiazole rings is 1. The van der Waals surface area contributed by atoms with E-state index in [0.717, 1.165) is 0 Å². The molecule has 0 amide bonds. The van der Waals surface area contributed by atoms with Crippen LogP contribution in [0.25, 0.3) is 0 Å². The van der Waals surface area contributed by atoms with Gasteiger partial charge in [-0.15, -0.1) is 11.3 Å². The maximum atomic E-state index is 4.39. The lowest BCUT2D eigenvalue weighted by Crippen LogP contribution is -2.45. The summed E-state index contributed by atoms with van der Waals surface area (Å²) in [6, 6.07) is 0. The molecule has 0 aliphatic heterocycles. The van der Waals surface area contributed by atoms with Gasteiger partial charge in [0.2, 0.25) is 0 Å². The van der Waals surface area contributed by atoms with Gasteiger partial charge in [-0.3, -0.25) is 0 Å². The third kappa shape index (κ3) is 4.56. The first-order valence-electron chi connectivity index (χ1n) is 8.04. The van der Waals surface area contributed by atoms with Crippen molar-refractivity contribution in [2.75, 3.05) is 6.54 Å². The van der Waals surface area contributed by atoms with Crippen molar-refractivity contribution in [3.05, 3.63) is 16.1 Å². The van der Waals surface area contributed by atoms with E-state index >= 15 is 0 Å². The first kappa shape index (κ1) is 16.0. The zero-order chi connectivity index (χ0) is 14.6. The Balaban J connectivity index is 1.97. The third-order valence-corrected chi connectivity index (χ3v) is 5.63. The number of nitrogens with zero attached hydrogens (tertiary/aromatic N) is 1. The highest BCUT2D eigenvalue weighted by molar-refractivity contribution is 7.09. The van der Waals surface area contributed by atoms with Gasteiger partial charge in [0.1, 0.15) is 0 Å². The minimum atomic E-state index is 0.227. The minimum absolute atomic E-state index is 0.227. The molecular weight excluding hydrogens is 264 g/mol. The van der Waals surface area contributed by atoms with Gasteiger partial charge in [0.05, 0.1) is 11.2 Å². The van der Waals surface area contributed by atoms with E-state index in [0.29, 0.717) is 5.41 Å². The average Bonchev–Trinajstić information content (AvgIpc) is 2.80. The van der Waals surface area contributed by atoms with Crippen LogP contribution in [0.15, 0.2) is 5.51 Å². The molecule has 20 heavy (non-hydrogen) atoms. The Kier molecular flexibility index (Phi) is 5.25. The van der Waals surface area contributed by atoms with Crippen LogP contribution in [0.3, 0.4) is 0 Å². The lowest BCUT2D eigenvalue weighted by Gasteiger charge is -2.40. The van der Waals surface area contributed by atoms with Gasteiger partial charge in [0.25, 0.3) is 0 Å². The van der Waals surface area contributed by atoms with Crippen molar-refractivity contribution < 1.29 is 0 Å². The van der Waals surface area contributed by atoms with E-state index in [4.69, 9.17) is 0 Å². The van der Waals surface area contributed by atoms with Gasteiger partial charge in [-0.2, -0.15) is 0 Å². The SMILES string of the molecule is Cc1ncsc1CCC1(CNC(C)(C)C)CCCCC1. The van der Waals surface area contributed by atoms with Gasteiger partial charge in [0.15, 0.2) is 0 Å². The summed E-state index contributed by atoms with van der Waals surface area (Å²) >= 11 is 1.83. The maximum absolute atomic E-state index is 4.39. The lowest BCUT2D eigenvalue weighted by molar-refractivity contribution is 0.153. The average molecular weight is 295 g/mol. The number of aromatic nitrogens is 1. The predicted molar refractivity (Wildman–Crippen MR) is 88.4 cm³/mol. The molecule has 1 N–H and O–H groups in total. The van der Waals surface area contributed by atoms with Crippen LogP contribution in [-0.2, 0) is 6.42 Å². The molecule has 0 radical (unpaired) electrons. The Morgan fingerprint density at radius 1 is 1.25 bits per heavy atom. The molecule has 2 rings (SSSR count). The van der Waals surface area contributed by atoms with E-state index in [1.165, 1.54) is 62.1 Å². The highest BCUT2D eigenvalue weighted by Gasteiger charge is 2.32. The number of hydrogen-bond donors (Lipinski definition) is 1. The second-order valence-corrected chi connectivity index (χ2v) is 8.46. The summed E-state index contributed by atoms with van der Waals surface area (Å²) in [5.74, 6) is 0. The highest BCUT2D eigenvalue weighted by atomic mass is 32.1. The molecule has 1 fully saturated rings. The first-order chi connectivity index (χ1) is 9.40. The lowest BCUT2D eigenvalue weighted by atomic mass is 9.70. The van der Waals surface area contributed by atoms with Crippen LogP contribution in [-0.4, -0.2) is 17.1 Å². The largest absolute Gasteiger partial charge is 0.312 e. The maximum Gasteiger partial charge on any atom is 0.0797 e. The van der Waals surface area contributed by atoms with Crippen molar-refractivity contribution in [1.82, 2.24) is 10.3 Å². The van der Waals surface area contributed by atoms with E-state index < -0.39 is 0 Å². The normalized spacial score (nSPS) is 19.2. The van der Waals surface area contributed by atoms with Crippen molar-refractivity contribution in [2.45, 2.75) is 78.2 Å². The fraction of sp³-hybridized carbons (Fsp3) is 0.824. The van der Waals surface area contributed by atoms with Crippen molar-refractivity contribution >= 4 is 11.3 Å². The summed E-state index contributed by atoms with van der Waals surface area (Å²) in [5.41, 5.74) is 3.98. The Morgan fingerprint density at radius 2 is 1.95 bits per heavy atom. The van der Waals surface area contributed by atoms with Crippen LogP contribution >= 0.6 is 11.3 Å². The molecule has 114 valence electrons. The molecule has 0 spiro atoms. The number of rotatable bonds is 5. The second kappa shape index (κ2) is 6.57. The second-order valence-electron chi connectivity index (χ2n) is 7.53. The quantitative estimate of drug-likeness (QED) is 0.849. The molecule has 0 atom stereocenters. The van der Waals surface area contributed by atoms with Crippen LogP contribution in [0, 0.1) is 12.3 Å². The van der Waals surface area contributed by atoms with Crippen LogP contribution in [0.5, 0.6) is 0 Å². The molecule has 0 aromatic carbocycles. The molecular formula is C17H30N2S. The topological polar surface area (TPSA) is 24.9 Å². The van der Waals surface area contributed by atoms with Crippen LogP contribution in [0.2, 0.25) is 0 Å². The third-order valence-electron chi connectivity index (χ3n) is 4.64. The first-order valence-corrected chi connectivity index (χ1v) is 8.92. The van der Waals surface area contributed by atoms with Gasteiger partial charge >= 0.3 is 0 Å². The molecule has 1 aromatic heterocycles. The van der Waals surface area contributed by atoms with Crippen LogP contribution < -0.4 is 5.32 Å². The summed E-state index contributed by atoms with van der Waals surface area (Å²) < 4.78 is 0. The summed E-state index contributed by atoms with van der Waals surface area (Å²) in [6.45, 7) is 10.1. The molecule has 2 nitrogen and oxygen atoms in total. The molecule has 0 saturated heterocycles. The highest BCUT2D eigenvalue weighted by Crippen LogP contribution is 2.40. The van der Waals surface area contributed by atoms with Gasteiger partial charge in [-0.05, 0) is 58.8 Å². The van der Waals surface area contributed by atoms with E-state index in [2.05, 4.69) is 38.0 Å². The Labute approximate surface area is 128 Å². The summed E-state index contributed by atoms with van der Waals surface area (Å²) in [7, 11) is 0. The van der Waals surface area contributed by atoms with Crippen molar-refractivity contribution in [3.63, 3.8) is 0 Å². The van der Waals surface area contributed by atoms with Gasteiger partial charge < -0.3 is 5.32 Å². The standard InChI is InChI=1S/C17H30N2S/c1-14-15(20-13-18-14)8-11-17(9-6-5-7-10-17)12-19-16(2,3)4/h13,19H,5-12H2,1-4H3. The molecule has 1 aliphatic rings. The Morgan fingerprint density at radius 3 is 2.50 bits per heavy atom. The van der Waals surface area contributed by atoms with Gasteiger partial charge in [-0.1, -0.05) is 19.3 Å². The predicted octanol–water partition coefficient (Wildman–Crippen LogP) is 4.72. The fourth-order valence-electron chi connectivity index (χ4n) is 3.21. The number of aryl methyl sites for hydroxylation is 2. The van der Waals surface area contributed by atoms with Gasteiger partial charge in [0, 0.05) is 17.0 Å². The summed E-state index contributed by atoms with van der Waals surface area (Å²) in [5, 5.41) is 3.76. The molecule has 1 saturated carbocycles. The Hall–Kier alpha value is -0.410. The smallest absolute Gasteiger partial charge is 0.0797 e. The number of hydrogen-bond acceptors (Lipinski definition) is 3. The molecule has 0 bridgehead atoms. The number of nitrogens with one attached hydrogen (secondary N) is 1. The van der Waals surface area contributed by atoms with E-state index in [1.807, 2.05) is 16.8 Å². The summed E-state index contributed by atoms with van der Waals surface area (Å²) in [6.07, 6.45) is 9.57. The molecule has 1 heterocycles. The van der Waals surface area contributed by atoms with Crippen LogP contribution in [0.1, 0.15) is 69.9 Å². The Bertz CT molecular complexity index is 411. The minimum Gasteiger partial charge on any atom is -0.312 e. The van der Waals surface area contributed by atoms with Crippen molar-refractivity contribution in [1.29, 1.82) is 0 Å².